The number of rotatable bonds is 5. The minimum Gasteiger partial charge on any atom is -0.507 e. The Bertz CT molecular complexity index is 1570. The molecule has 10 unspecified atom stereocenters. The average molecular weight is 609 g/mol. The van der Waals surface area contributed by atoms with Gasteiger partial charge in [0.15, 0.2) is 22.5 Å². The lowest BCUT2D eigenvalue weighted by molar-refractivity contribution is -0.232. The highest BCUT2D eigenvalue weighted by Crippen LogP contribution is 2.51. The lowest BCUT2D eigenvalue weighted by atomic mass is 9.84. The van der Waals surface area contributed by atoms with Crippen molar-refractivity contribution in [3.05, 3.63) is 45.6 Å². The summed E-state index contributed by atoms with van der Waals surface area (Å²) < 4.78 is 17.3. The summed E-state index contributed by atoms with van der Waals surface area (Å²) in [6, 6.07) is 4.36. The van der Waals surface area contributed by atoms with E-state index in [0.29, 0.717) is 0 Å². The van der Waals surface area contributed by atoms with Crippen molar-refractivity contribution in [1.82, 2.24) is 0 Å². The fourth-order valence-corrected chi connectivity index (χ4v) is 5.63. The number of hydrogen-bond acceptors (Lipinski definition) is 15. The zero-order chi connectivity index (χ0) is 31.5. The third-order valence-electron chi connectivity index (χ3n) is 8.03. The van der Waals surface area contributed by atoms with Gasteiger partial charge in [-0.1, -0.05) is 6.92 Å². The lowest BCUT2D eigenvalue weighted by Crippen LogP contribution is -2.55. The van der Waals surface area contributed by atoms with Crippen LogP contribution >= 0.6 is 0 Å². The van der Waals surface area contributed by atoms with Gasteiger partial charge in [-0.3, -0.25) is 4.79 Å². The molecule has 2 aliphatic rings. The summed E-state index contributed by atoms with van der Waals surface area (Å²) in [4.78, 5) is 13.5. The topological polar surface area (TPSA) is 271 Å². The number of phenolic OH excluding ortho intramolecular Hbond substituents is 4. The molecule has 2 saturated heterocycles. The van der Waals surface area contributed by atoms with Gasteiger partial charge in [0.1, 0.15) is 77.6 Å². The third kappa shape index (κ3) is 4.98. The Hall–Kier alpha value is -3.51. The molecule has 0 amide bonds. The maximum atomic E-state index is 13.5. The van der Waals surface area contributed by atoms with Crippen molar-refractivity contribution in [3.8, 4) is 34.3 Å². The first-order chi connectivity index (χ1) is 20.3. The first kappa shape index (κ1) is 30.9. The summed E-state index contributed by atoms with van der Waals surface area (Å²) in [6.45, 7) is 0.756. The van der Waals surface area contributed by atoms with Gasteiger partial charge < -0.3 is 70.1 Å². The predicted octanol–water partition coefficient (Wildman–Crippen LogP) is -1.27. The normalized spacial score (nSPS) is 33.1. The SMILES string of the molecule is CCC1OC(c2c(O)c(C3OC(CO)C(O)C(O)C3O)c3oc(-c4ccc(O)c(O)c4)cc(=O)c3c2O)C(O)C(O)C1O. The largest absolute Gasteiger partial charge is 0.507 e. The predicted molar refractivity (Wildman–Crippen MR) is 143 cm³/mol. The first-order valence-corrected chi connectivity index (χ1v) is 13.4. The van der Waals surface area contributed by atoms with Crippen LogP contribution in [0.2, 0.25) is 0 Å². The Morgan fingerprint density at radius 3 is 1.86 bits per heavy atom. The summed E-state index contributed by atoms with van der Waals surface area (Å²) in [6.07, 6.45) is -17.1. The van der Waals surface area contributed by atoms with Crippen LogP contribution in [0, 0.1) is 0 Å². The number of aliphatic hydroxyl groups excluding tert-OH is 7. The van der Waals surface area contributed by atoms with Gasteiger partial charge in [-0.2, -0.15) is 0 Å². The van der Waals surface area contributed by atoms with Gasteiger partial charge in [-0.05, 0) is 24.6 Å². The van der Waals surface area contributed by atoms with E-state index in [2.05, 4.69) is 0 Å². The summed E-state index contributed by atoms with van der Waals surface area (Å²) >= 11 is 0. The molecular weight excluding hydrogens is 576 g/mol. The highest BCUT2D eigenvalue weighted by Gasteiger charge is 2.49. The summed E-state index contributed by atoms with van der Waals surface area (Å²) in [5.41, 5.74) is -2.67. The highest BCUT2D eigenvalue weighted by molar-refractivity contribution is 5.92. The number of hydrogen-bond donors (Lipinski definition) is 11. The van der Waals surface area contributed by atoms with Crippen LogP contribution in [0.15, 0.2) is 33.5 Å². The molecule has 43 heavy (non-hydrogen) atoms. The molecule has 0 saturated carbocycles. The van der Waals surface area contributed by atoms with Crippen LogP contribution in [0.5, 0.6) is 23.0 Å². The maximum Gasteiger partial charge on any atom is 0.197 e. The molecule has 2 aliphatic heterocycles. The van der Waals surface area contributed by atoms with Crippen molar-refractivity contribution in [2.75, 3.05) is 6.61 Å². The van der Waals surface area contributed by atoms with E-state index in [-0.39, 0.29) is 17.7 Å². The second-order valence-corrected chi connectivity index (χ2v) is 10.6. The molecule has 2 aromatic carbocycles. The zero-order valence-corrected chi connectivity index (χ0v) is 22.5. The van der Waals surface area contributed by atoms with Crippen LogP contribution in [0.25, 0.3) is 22.3 Å². The van der Waals surface area contributed by atoms with Crippen LogP contribution in [0.4, 0.5) is 0 Å². The molecule has 3 aromatic rings. The standard InChI is InChI=1S/C28H32O15/c1-2-12-18(33)22(37)24(39)27(41-12)16-20(35)15-11(32)6-13(8-3-4-9(30)10(31)5-8)42-26(15)17(21(16)36)28-25(40)23(38)19(34)14(7-29)43-28/h3-6,12,14,18-19,22-25,27-31,33-40H,2,7H2,1H3. The van der Waals surface area contributed by atoms with E-state index in [1.54, 1.807) is 6.92 Å². The van der Waals surface area contributed by atoms with E-state index in [1.165, 1.54) is 6.07 Å². The zero-order valence-electron chi connectivity index (χ0n) is 22.5. The van der Waals surface area contributed by atoms with Crippen molar-refractivity contribution >= 4 is 11.0 Å². The molecule has 0 radical (unpaired) electrons. The number of aromatic hydroxyl groups is 4. The Balaban J connectivity index is 1.82. The lowest BCUT2D eigenvalue weighted by Gasteiger charge is -2.42. The number of ether oxygens (including phenoxy) is 2. The number of phenols is 4. The van der Waals surface area contributed by atoms with Gasteiger partial charge in [-0.25, -0.2) is 0 Å². The number of fused-ring (bicyclic) bond motifs is 1. The van der Waals surface area contributed by atoms with E-state index >= 15 is 0 Å². The van der Waals surface area contributed by atoms with Crippen molar-refractivity contribution < 1.29 is 70.1 Å². The van der Waals surface area contributed by atoms with Crippen molar-refractivity contribution in [2.45, 2.75) is 74.4 Å². The maximum absolute atomic E-state index is 13.5. The van der Waals surface area contributed by atoms with Crippen molar-refractivity contribution in [3.63, 3.8) is 0 Å². The van der Waals surface area contributed by atoms with Crippen molar-refractivity contribution in [2.24, 2.45) is 0 Å². The smallest absolute Gasteiger partial charge is 0.197 e. The molecule has 3 heterocycles. The number of benzene rings is 2. The molecule has 0 spiro atoms. The quantitative estimate of drug-likeness (QED) is 0.151. The molecule has 1 aromatic heterocycles. The molecule has 2 fully saturated rings. The molecule has 11 N–H and O–H groups in total. The summed E-state index contributed by atoms with van der Waals surface area (Å²) in [7, 11) is 0. The van der Waals surface area contributed by atoms with Crippen LogP contribution in [0.1, 0.15) is 36.7 Å². The fourth-order valence-electron chi connectivity index (χ4n) is 5.63. The van der Waals surface area contributed by atoms with E-state index in [4.69, 9.17) is 13.9 Å². The van der Waals surface area contributed by atoms with Gasteiger partial charge in [0.25, 0.3) is 0 Å². The molecular formula is C28H32O15. The van der Waals surface area contributed by atoms with Crippen LogP contribution in [0.3, 0.4) is 0 Å². The first-order valence-electron chi connectivity index (χ1n) is 13.4. The second-order valence-electron chi connectivity index (χ2n) is 10.6. The molecule has 5 rings (SSSR count). The van der Waals surface area contributed by atoms with E-state index < -0.39 is 118 Å². The van der Waals surface area contributed by atoms with Gasteiger partial charge in [0.2, 0.25) is 0 Å². The monoisotopic (exact) mass is 608 g/mol. The molecule has 0 aliphatic carbocycles. The Morgan fingerprint density at radius 1 is 0.698 bits per heavy atom. The van der Waals surface area contributed by atoms with Gasteiger partial charge in [-0.15, -0.1) is 0 Å². The van der Waals surface area contributed by atoms with Crippen LogP contribution < -0.4 is 5.43 Å². The molecule has 15 nitrogen and oxygen atoms in total. The highest BCUT2D eigenvalue weighted by atomic mass is 16.5. The average Bonchev–Trinajstić information content (AvgIpc) is 2.98. The minimum atomic E-state index is -2.01. The Kier molecular flexibility index (Phi) is 8.30. The minimum absolute atomic E-state index is 0.0612. The van der Waals surface area contributed by atoms with Gasteiger partial charge >= 0.3 is 0 Å². The van der Waals surface area contributed by atoms with Crippen LogP contribution in [-0.2, 0) is 9.47 Å². The summed E-state index contributed by atoms with van der Waals surface area (Å²) in [5.74, 6) is -3.20. The molecule has 10 atom stereocenters. The van der Waals surface area contributed by atoms with Crippen LogP contribution in [-0.4, -0.2) is 112 Å². The Labute approximate surface area is 242 Å². The summed E-state index contributed by atoms with van der Waals surface area (Å²) in [5, 5.41) is 115. The van der Waals surface area contributed by atoms with E-state index in [9.17, 15) is 61.0 Å². The number of aliphatic hydroxyl groups is 7. The van der Waals surface area contributed by atoms with Gasteiger partial charge in [0, 0.05) is 11.6 Å². The van der Waals surface area contributed by atoms with E-state index in [0.717, 1.165) is 18.2 Å². The second kappa shape index (κ2) is 11.5. The van der Waals surface area contributed by atoms with Crippen molar-refractivity contribution in [1.29, 1.82) is 0 Å². The fraction of sp³-hybridized carbons (Fsp3) is 0.464. The van der Waals surface area contributed by atoms with E-state index in [1.807, 2.05) is 0 Å². The molecule has 234 valence electrons. The third-order valence-corrected chi connectivity index (χ3v) is 8.03. The van der Waals surface area contributed by atoms with Gasteiger partial charge in [0.05, 0.1) is 23.8 Å². The molecule has 0 bridgehead atoms. The Morgan fingerprint density at radius 2 is 1.28 bits per heavy atom. The molecule has 15 heteroatoms.